The van der Waals surface area contributed by atoms with E-state index in [0.29, 0.717) is 13.0 Å². The lowest BCUT2D eigenvalue weighted by Crippen LogP contribution is -2.75. The number of unbranched alkanes of at least 4 members (excludes halogenated alkanes) is 5. The normalized spacial score (nSPS) is 28.1. The molecule has 0 aromatic heterocycles. The standard InChI is InChI=1S/C56H76O13Si/c1-55(2,3)65-39-45-49(61-35-40-25-15-11-16-26-40)51(62-36-41-27-17-12-18-28-41)52(63-37-42-29-19-13-20-30-42)56(68-45,70(5)6)69-50-47(58)48-44(38-64-53(67-48)43-31-21-14-22-32-43)66-54(50)60-34-24-10-8-7-9-23-33-46(57)59-4/h11-22,25-32,44-45,47-54,58,70H,7-10,23-24,33-39H2,1-6H3/t44-,45-,47+,48-,49-,50-,51+,52-,53?,54+,56-/m1/s1. The van der Waals surface area contributed by atoms with Gasteiger partial charge < -0.3 is 57.2 Å². The molecule has 3 fully saturated rings. The molecule has 70 heavy (non-hydrogen) atoms. The Labute approximate surface area is 416 Å². The number of rotatable bonds is 25. The van der Waals surface area contributed by atoms with Gasteiger partial charge in [0.25, 0.3) is 0 Å². The van der Waals surface area contributed by atoms with Crippen LogP contribution < -0.4 is 0 Å². The van der Waals surface area contributed by atoms with E-state index in [2.05, 4.69) is 13.1 Å². The average molecular weight is 985 g/mol. The van der Waals surface area contributed by atoms with E-state index in [-0.39, 0.29) is 39.0 Å². The molecule has 3 heterocycles. The fourth-order valence-electron chi connectivity index (χ4n) is 9.23. The minimum absolute atomic E-state index is 0.155. The highest BCUT2D eigenvalue weighted by molar-refractivity contribution is 6.59. The zero-order valence-electron chi connectivity index (χ0n) is 41.9. The molecule has 3 aliphatic rings. The zero-order valence-corrected chi connectivity index (χ0v) is 43.1. The van der Waals surface area contributed by atoms with E-state index >= 15 is 0 Å². The summed E-state index contributed by atoms with van der Waals surface area (Å²) in [5.74, 6) is -0.179. The van der Waals surface area contributed by atoms with Crippen LogP contribution in [0.2, 0.25) is 13.1 Å². The molecule has 382 valence electrons. The Morgan fingerprint density at radius 1 is 0.686 bits per heavy atom. The van der Waals surface area contributed by atoms with Crippen molar-refractivity contribution in [3.05, 3.63) is 144 Å². The smallest absolute Gasteiger partial charge is 0.305 e. The molecule has 11 atom stereocenters. The fraction of sp³-hybridized carbons (Fsp3) is 0.554. The Balaban J connectivity index is 1.24. The van der Waals surface area contributed by atoms with Crippen molar-refractivity contribution in [3.8, 4) is 0 Å². The first kappa shape index (κ1) is 53.9. The Hall–Kier alpha value is -3.87. The summed E-state index contributed by atoms with van der Waals surface area (Å²) >= 11 is 0. The second-order valence-corrected chi connectivity index (χ2v) is 22.9. The van der Waals surface area contributed by atoms with Gasteiger partial charge in [-0.05, 0) is 50.3 Å². The second kappa shape index (κ2) is 26.7. The van der Waals surface area contributed by atoms with Gasteiger partial charge in [0.1, 0.15) is 57.6 Å². The Morgan fingerprint density at radius 3 is 1.80 bits per heavy atom. The van der Waals surface area contributed by atoms with Gasteiger partial charge in [0.05, 0.1) is 45.7 Å². The first-order valence-electron chi connectivity index (χ1n) is 25.2. The summed E-state index contributed by atoms with van der Waals surface area (Å²) in [6.07, 6.45) is -2.80. The second-order valence-electron chi connectivity index (χ2n) is 19.8. The molecule has 4 aromatic rings. The van der Waals surface area contributed by atoms with Crippen molar-refractivity contribution in [2.75, 3.05) is 26.9 Å². The van der Waals surface area contributed by atoms with Crippen molar-refractivity contribution in [1.29, 1.82) is 0 Å². The molecular weight excluding hydrogens is 909 g/mol. The number of esters is 1. The highest BCUT2D eigenvalue weighted by atomic mass is 28.3. The van der Waals surface area contributed by atoms with Crippen LogP contribution in [0.5, 0.6) is 0 Å². The van der Waals surface area contributed by atoms with Gasteiger partial charge in [-0.15, -0.1) is 0 Å². The molecule has 0 saturated carbocycles. The molecule has 4 aromatic carbocycles. The summed E-state index contributed by atoms with van der Waals surface area (Å²) in [6.45, 7) is 11.8. The van der Waals surface area contributed by atoms with Crippen LogP contribution in [-0.2, 0) is 76.7 Å². The summed E-state index contributed by atoms with van der Waals surface area (Å²) in [4.78, 5) is 11.6. The van der Waals surface area contributed by atoms with Gasteiger partial charge in [-0.25, -0.2) is 0 Å². The summed E-state index contributed by atoms with van der Waals surface area (Å²) in [7, 11) is -0.863. The maximum Gasteiger partial charge on any atom is 0.305 e. The van der Waals surface area contributed by atoms with E-state index in [1.165, 1.54) is 7.11 Å². The van der Waals surface area contributed by atoms with Crippen LogP contribution in [0.15, 0.2) is 121 Å². The van der Waals surface area contributed by atoms with Crippen LogP contribution in [-0.4, -0.2) is 113 Å². The quantitative estimate of drug-likeness (QED) is 0.0384. The highest BCUT2D eigenvalue weighted by Crippen LogP contribution is 2.44. The molecule has 0 radical (unpaired) electrons. The lowest BCUT2D eigenvalue weighted by atomic mass is 9.95. The number of carbonyl (C=O) groups is 1. The largest absolute Gasteiger partial charge is 0.469 e. The highest BCUT2D eigenvalue weighted by Gasteiger charge is 2.63. The number of methoxy groups -OCH3 is 1. The molecule has 14 heteroatoms. The van der Waals surface area contributed by atoms with Gasteiger partial charge in [0.15, 0.2) is 18.0 Å². The first-order valence-corrected chi connectivity index (χ1v) is 28.1. The summed E-state index contributed by atoms with van der Waals surface area (Å²) in [5, 5.41) is 12.8. The monoisotopic (exact) mass is 985 g/mol. The number of hydrogen-bond donors (Lipinski definition) is 1. The van der Waals surface area contributed by atoms with Gasteiger partial charge in [0, 0.05) is 18.6 Å². The maximum atomic E-state index is 12.8. The molecule has 13 nitrogen and oxygen atoms in total. The molecule has 0 bridgehead atoms. The van der Waals surface area contributed by atoms with Crippen molar-refractivity contribution < 1.29 is 62.0 Å². The van der Waals surface area contributed by atoms with E-state index < -0.39 is 81.2 Å². The van der Waals surface area contributed by atoms with Gasteiger partial charge >= 0.3 is 5.97 Å². The van der Waals surface area contributed by atoms with Crippen molar-refractivity contribution in [2.45, 2.75) is 171 Å². The van der Waals surface area contributed by atoms with Crippen molar-refractivity contribution in [2.24, 2.45) is 0 Å². The molecule has 0 spiro atoms. The molecule has 1 N–H and O–H groups in total. The first-order chi connectivity index (χ1) is 33.9. The van der Waals surface area contributed by atoms with Gasteiger partial charge in [-0.3, -0.25) is 4.79 Å². The average Bonchev–Trinajstić information content (AvgIpc) is 3.37. The number of ether oxygens (including phenoxy) is 11. The van der Waals surface area contributed by atoms with Crippen LogP contribution in [0.25, 0.3) is 0 Å². The Morgan fingerprint density at radius 2 is 1.23 bits per heavy atom. The predicted molar refractivity (Wildman–Crippen MR) is 267 cm³/mol. The minimum atomic E-state index is -2.28. The molecule has 3 aliphatic heterocycles. The van der Waals surface area contributed by atoms with Crippen LogP contribution in [0, 0.1) is 0 Å². The van der Waals surface area contributed by atoms with Crippen molar-refractivity contribution >= 4 is 14.8 Å². The number of aliphatic hydroxyl groups excluding tert-OH is 1. The number of fused-ring (bicyclic) bond motifs is 1. The van der Waals surface area contributed by atoms with Gasteiger partial charge in [-0.1, -0.05) is 160 Å². The third-order valence-corrected chi connectivity index (χ3v) is 15.2. The third-order valence-electron chi connectivity index (χ3n) is 13.0. The van der Waals surface area contributed by atoms with E-state index in [0.717, 1.165) is 60.8 Å². The Bertz CT molecular complexity index is 2090. The van der Waals surface area contributed by atoms with Crippen molar-refractivity contribution in [1.82, 2.24) is 0 Å². The summed E-state index contributed by atoms with van der Waals surface area (Å²) in [5.41, 5.74) is 1.76. The topological polar surface area (TPSA) is 139 Å². The number of carbonyl (C=O) groups excluding carboxylic acids is 1. The van der Waals surface area contributed by atoms with Crippen LogP contribution >= 0.6 is 0 Å². The third kappa shape index (κ3) is 15.1. The van der Waals surface area contributed by atoms with E-state index in [9.17, 15) is 9.90 Å². The van der Waals surface area contributed by atoms with E-state index in [1.807, 2.05) is 142 Å². The molecule has 3 saturated heterocycles. The van der Waals surface area contributed by atoms with E-state index in [1.54, 1.807) is 0 Å². The predicted octanol–water partition coefficient (Wildman–Crippen LogP) is 9.18. The van der Waals surface area contributed by atoms with Crippen molar-refractivity contribution in [3.63, 3.8) is 0 Å². The zero-order chi connectivity index (χ0) is 49.4. The summed E-state index contributed by atoms with van der Waals surface area (Å²) < 4.78 is 74.0. The number of benzene rings is 4. The maximum absolute atomic E-state index is 12.8. The number of hydrogen-bond acceptors (Lipinski definition) is 13. The lowest BCUT2D eigenvalue weighted by Gasteiger charge is -2.57. The van der Waals surface area contributed by atoms with Crippen LogP contribution in [0.1, 0.15) is 94.3 Å². The van der Waals surface area contributed by atoms with E-state index in [4.69, 9.17) is 52.1 Å². The molecule has 1 unspecified atom stereocenters. The molecule has 7 rings (SSSR count). The van der Waals surface area contributed by atoms with Gasteiger partial charge in [-0.2, -0.15) is 0 Å². The van der Waals surface area contributed by atoms with Crippen LogP contribution in [0.4, 0.5) is 0 Å². The molecule has 0 aliphatic carbocycles. The SMILES string of the molecule is COC(=O)CCCCCCCCO[C@H]1O[C@@H]2COC(c3ccccc3)O[C@H]2[C@H](O)[C@H]1O[C@]1([SiH](C)C)O[C@H](COC(C)(C)C)[C@@H](OCc2ccccc2)[C@H](OCc2ccccc2)[C@H]1OCc1ccccc1. The minimum Gasteiger partial charge on any atom is -0.469 e. The van der Waals surface area contributed by atoms with Crippen LogP contribution in [0.3, 0.4) is 0 Å². The molecule has 0 amide bonds. The fourth-order valence-corrected chi connectivity index (χ4v) is 11.0. The summed E-state index contributed by atoms with van der Waals surface area (Å²) in [6, 6.07) is 39.8. The lowest BCUT2D eigenvalue weighted by molar-refractivity contribution is -0.411. The van der Waals surface area contributed by atoms with Gasteiger partial charge in [0.2, 0.25) is 0 Å². The molecular formula is C56H76O13Si. The number of aliphatic hydroxyl groups is 1. The Kier molecular flexibility index (Phi) is 20.6.